The van der Waals surface area contributed by atoms with Crippen LogP contribution < -0.4 is 9.64 Å². The third-order valence-electron chi connectivity index (χ3n) is 6.50. The molecule has 5 heteroatoms. The molecule has 5 nitrogen and oxygen atoms in total. The highest BCUT2D eigenvalue weighted by molar-refractivity contribution is 5.97. The van der Waals surface area contributed by atoms with E-state index in [2.05, 4.69) is 42.7 Å². The zero-order chi connectivity index (χ0) is 22.8. The molecule has 1 atom stereocenters. The van der Waals surface area contributed by atoms with Gasteiger partial charge in [-0.15, -0.1) is 0 Å². The van der Waals surface area contributed by atoms with E-state index in [-0.39, 0.29) is 11.8 Å². The second-order valence-corrected chi connectivity index (χ2v) is 8.65. The Bertz CT molecular complexity index is 1280. The van der Waals surface area contributed by atoms with E-state index in [4.69, 9.17) is 9.72 Å². The van der Waals surface area contributed by atoms with Crippen LogP contribution in [-0.2, 0) is 17.8 Å². The molecular formula is C28H29N3O2. The van der Waals surface area contributed by atoms with Crippen LogP contribution in [0.3, 0.4) is 0 Å². The highest BCUT2D eigenvalue weighted by Gasteiger charge is 2.35. The molecule has 1 amide bonds. The second-order valence-electron chi connectivity index (χ2n) is 8.65. The number of carbonyl (C=O) groups excluding carboxylic acids is 1. The summed E-state index contributed by atoms with van der Waals surface area (Å²) in [4.78, 5) is 19.8. The van der Waals surface area contributed by atoms with Crippen molar-refractivity contribution in [1.82, 2.24) is 9.55 Å². The summed E-state index contributed by atoms with van der Waals surface area (Å²) in [7, 11) is 0. The first-order valence-corrected chi connectivity index (χ1v) is 11.7. The summed E-state index contributed by atoms with van der Waals surface area (Å²) in [6, 6.07) is 24.5. The largest absolute Gasteiger partial charge is 0.492 e. The van der Waals surface area contributed by atoms with Crippen LogP contribution in [0.25, 0.3) is 11.0 Å². The number of amides is 1. The Labute approximate surface area is 194 Å². The van der Waals surface area contributed by atoms with Gasteiger partial charge in [0.2, 0.25) is 5.91 Å². The van der Waals surface area contributed by atoms with Gasteiger partial charge in [0, 0.05) is 24.6 Å². The van der Waals surface area contributed by atoms with Gasteiger partial charge in [0.25, 0.3) is 0 Å². The van der Waals surface area contributed by atoms with Crippen LogP contribution in [0.2, 0.25) is 0 Å². The lowest BCUT2D eigenvalue weighted by Crippen LogP contribution is -2.25. The van der Waals surface area contributed by atoms with Gasteiger partial charge in [-0.2, -0.15) is 0 Å². The molecule has 1 aromatic heterocycles. The van der Waals surface area contributed by atoms with Gasteiger partial charge in [0.05, 0.1) is 17.6 Å². The molecule has 0 saturated carbocycles. The van der Waals surface area contributed by atoms with Gasteiger partial charge in [-0.1, -0.05) is 49.4 Å². The first-order chi connectivity index (χ1) is 16.1. The Morgan fingerprint density at radius 2 is 1.76 bits per heavy atom. The van der Waals surface area contributed by atoms with Gasteiger partial charge < -0.3 is 14.2 Å². The zero-order valence-electron chi connectivity index (χ0n) is 19.2. The van der Waals surface area contributed by atoms with E-state index < -0.39 is 0 Å². The predicted octanol–water partition coefficient (Wildman–Crippen LogP) is 5.51. The monoisotopic (exact) mass is 439 g/mol. The fourth-order valence-corrected chi connectivity index (χ4v) is 4.70. The average Bonchev–Trinajstić information content (AvgIpc) is 3.40. The van der Waals surface area contributed by atoms with E-state index in [0.29, 0.717) is 26.1 Å². The summed E-state index contributed by atoms with van der Waals surface area (Å²) < 4.78 is 8.28. The molecule has 1 aliphatic heterocycles. The quantitative estimate of drug-likeness (QED) is 0.382. The first-order valence-electron chi connectivity index (χ1n) is 11.7. The summed E-state index contributed by atoms with van der Waals surface area (Å²) in [6.07, 6.45) is 1.49. The van der Waals surface area contributed by atoms with Crippen molar-refractivity contribution < 1.29 is 9.53 Å². The molecule has 0 spiro atoms. The number of hydrogen-bond donors (Lipinski definition) is 0. The summed E-state index contributed by atoms with van der Waals surface area (Å²) in [5.74, 6) is 2.04. The summed E-state index contributed by atoms with van der Waals surface area (Å²) in [5, 5.41) is 0. The minimum absolute atomic E-state index is 0.0494. The van der Waals surface area contributed by atoms with E-state index >= 15 is 0 Å². The maximum absolute atomic E-state index is 13.0. The highest BCUT2D eigenvalue weighted by atomic mass is 16.5. The molecule has 2 heterocycles. The molecular weight excluding hydrogens is 410 g/mol. The number of aryl methyl sites for hydroxylation is 2. The van der Waals surface area contributed by atoms with Crippen LogP contribution in [0, 0.1) is 6.92 Å². The molecule has 5 rings (SSSR count). The smallest absolute Gasteiger partial charge is 0.227 e. The van der Waals surface area contributed by atoms with Crippen LogP contribution in [-0.4, -0.2) is 28.6 Å². The summed E-state index contributed by atoms with van der Waals surface area (Å²) in [6.45, 7) is 6.07. The first kappa shape index (κ1) is 21.3. The molecule has 33 heavy (non-hydrogen) atoms. The fraction of sp³-hybridized carbons (Fsp3) is 0.286. The molecule has 0 bridgehead atoms. The standard InChI is InChI=1S/C28H29N3O2/c1-3-21-12-14-23(15-13-21)33-17-16-30-26-11-7-5-9-24(26)29-28(30)22-18-27(32)31(19-22)25-10-6-4-8-20(25)2/h4-15,22H,3,16-19H2,1-2H3. The minimum atomic E-state index is 0.0494. The second kappa shape index (κ2) is 9.10. The van der Waals surface area contributed by atoms with E-state index in [1.165, 1.54) is 5.56 Å². The third kappa shape index (κ3) is 4.23. The summed E-state index contributed by atoms with van der Waals surface area (Å²) >= 11 is 0. The SMILES string of the molecule is CCc1ccc(OCCn2c(C3CC(=O)N(c4ccccc4C)C3)nc3ccccc32)cc1. The number of aromatic nitrogens is 2. The number of ether oxygens (including phenoxy) is 1. The molecule has 0 N–H and O–H groups in total. The maximum atomic E-state index is 13.0. The van der Waals surface area contributed by atoms with Crippen LogP contribution in [0.15, 0.2) is 72.8 Å². The molecule has 1 aliphatic rings. The zero-order valence-corrected chi connectivity index (χ0v) is 19.2. The number of imidazole rings is 1. The normalized spacial score (nSPS) is 16.0. The number of carbonyl (C=O) groups is 1. The van der Waals surface area contributed by atoms with Crippen LogP contribution in [0.4, 0.5) is 5.69 Å². The van der Waals surface area contributed by atoms with Gasteiger partial charge in [-0.25, -0.2) is 4.98 Å². The highest BCUT2D eigenvalue weighted by Crippen LogP contribution is 2.34. The van der Waals surface area contributed by atoms with Gasteiger partial charge in [-0.3, -0.25) is 4.79 Å². The number of rotatable bonds is 7. The lowest BCUT2D eigenvalue weighted by molar-refractivity contribution is -0.117. The Morgan fingerprint density at radius 3 is 2.55 bits per heavy atom. The topological polar surface area (TPSA) is 47.4 Å². The van der Waals surface area contributed by atoms with Crippen molar-refractivity contribution in [3.05, 3.63) is 89.7 Å². The number of fused-ring (bicyclic) bond motifs is 1. The molecule has 0 aliphatic carbocycles. The van der Waals surface area contributed by atoms with Gasteiger partial charge in [0.15, 0.2) is 0 Å². The van der Waals surface area contributed by atoms with Gasteiger partial charge in [-0.05, 0) is 54.8 Å². The molecule has 0 radical (unpaired) electrons. The Kier molecular flexibility index (Phi) is 5.86. The van der Waals surface area contributed by atoms with E-state index in [1.54, 1.807) is 0 Å². The lowest BCUT2D eigenvalue weighted by atomic mass is 10.1. The molecule has 168 valence electrons. The number of benzene rings is 3. The molecule has 1 unspecified atom stereocenters. The van der Waals surface area contributed by atoms with Gasteiger partial charge >= 0.3 is 0 Å². The molecule has 1 saturated heterocycles. The fourth-order valence-electron chi connectivity index (χ4n) is 4.70. The van der Waals surface area contributed by atoms with Crippen molar-refractivity contribution in [2.75, 3.05) is 18.1 Å². The van der Waals surface area contributed by atoms with Crippen molar-refractivity contribution in [2.45, 2.75) is 39.2 Å². The van der Waals surface area contributed by atoms with E-state index in [1.807, 2.05) is 53.4 Å². The van der Waals surface area contributed by atoms with Crippen molar-refractivity contribution >= 4 is 22.6 Å². The number of nitrogens with zero attached hydrogens (tertiary/aromatic N) is 3. The number of hydrogen-bond acceptors (Lipinski definition) is 3. The Hall–Kier alpha value is -3.60. The van der Waals surface area contributed by atoms with E-state index in [0.717, 1.165) is 40.3 Å². The Morgan fingerprint density at radius 1 is 1.00 bits per heavy atom. The van der Waals surface area contributed by atoms with Crippen molar-refractivity contribution in [2.24, 2.45) is 0 Å². The molecule has 4 aromatic rings. The third-order valence-corrected chi connectivity index (χ3v) is 6.50. The molecule has 3 aromatic carbocycles. The Balaban J connectivity index is 1.38. The average molecular weight is 440 g/mol. The number of para-hydroxylation sites is 3. The number of anilines is 1. The van der Waals surface area contributed by atoms with Crippen molar-refractivity contribution in [3.63, 3.8) is 0 Å². The van der Waals surface area contributed by atoms with Crippen molar-refractivity contribution in [3.8, 4) is 5.75 Å². The van der Waals surface area contributed by atoms with Crippen molar-refractivity contribution in [1.29, 1.82) is 0 Å². The predicted molar refractivity (Wildman–Crippen MR) is 132 cm³/mol. The van der Waals surface area contributed by atoms with Crippen LogP contribution >= 0.6 is 0 Å². The minimum Gasteiger partial charge on any atom is -0.492 e. The summed E-state index contributed by atoms with van der Waals surface area (Å²) in [5.41, 5.74) is 5.45. The maximum Gasteiger partial charge on any atom is 0.227 e. The van der Waals surface area contributed by atoms with E-state index in [9.17, 15) is 4.79 Å². The van der Waals surface area contributed by atoms with Crippen LogP contribution in [0.1, 0.15) is 36.2 Å². The van der Waals surface area contributed by atoms with Gasteiger partial charge in [0.1, 0.15) is 18.2 Å². The molecule has 1 fully saturated rings. The van der Waals surface area contributed by atoms with Crippen LogP contribution in [0.5, 0.6) is 5.75 Å². The lowest BCUT2D eigenvalue weighted by Gasteiger charge is -2.19.